The summed E-state index contributed by atoms with van der Waals surface area (Å²) in [6.45, 7) is 3.12. The van der Waals surface area contributed by atoms with E-state index in [0.717, 1.165) is 6.54 Å². The quantitative estimate of drug-likeness (QED) is 0.656. The fourth-order valence-electron chi connectivity index (χ4n) is 2.45. The van der Waals surface area contributed by atoms with E-state index in [1.807, 2.05) is 0 Å². The van der Waals surface area contributed by atoms with Gasteiger partial charge in [0.2, 0.25) is 0 Å². The van der Waals surface area contributed by atoms with Crippen molar-refractivity contribution in [3.8, 4) is 0 Å². The van der Waals surface area contributed by atoms with E-state index in [0.29, 0.717) is 6.04 Å². The Bertz CT molecular complexity index is 714. The van der Waals surface area contributed by atoms with Crippen molar-refractivity contribution in [2.45, 2.75) is 19.5 Å². The van der Waals surface area contributed by atoms with Gasteiger partial charge in [0.25, 0.3) is 0 Å². The van der Waals surface area contributed by atoms with Crippen LogP contribution < -0.4 is 5.32 Å². The highest BCUT2D eigenvalue weighted by molar-refractivity contribution is 9.11. The molecule has 1 heterocycles. The molecule has 1 nitrogen and oxygen atoms in total. The van der Waals surface area contributed by atoms with Crippen LogP contribution in [0.1, 0.15) is 24.1 Å². The number of hydrogen-bond acceptors (Lipinski definition) is 2. The average Bonchev–Trinajstić information content (AvgIpc) is 2.90. The van der Waals surface area contributed by atoms with Crippen molar-refractivity contribution in [1.29, 1.82) is 0 Å². The molecule has 20 heavy (non-hydrogen) atoms. The minimum absolute atomic E-state index is 0.333. The Morgan fingerprint density at radius 1 is 1.15 bits per heavy atom. The van der Waals surface area contributed by atoms with Gasteiger partial charge in [-0.15, -0.1) is 11.3 Å². The number of benzene rings is 2. The van der Waals surface area contributed by atoms with E-state index in [1.165, 1.54) is 25.7 Å². The molecule has 1 N–H and O–H groups in total. The van der Waals surface area contributed by atoms with E-state index in [4.69, 9.17) is 0 Å². The molecule has 0 fully saturated rings. The van der Waals surface area contributed by atoms with Gasteiger partial charge in [-0.3, -0.25) is 0 Å². The van der Waals surface area contributed by atoms with Gasteiger partial charge in [0.05, 0.1) is 3.79 Å². The van der Waals surface area contributed by atoms with Gasteiger partial charge in [-0.05, 0) is 56.2 Å². The molecule has 0 saturated carbocycles. The molecule has 0 saturated heterocycles. The van der Waals surface area contributed by atoms with Crippen molar-refractivity contribution in [2.24, 2.45) is 0 Å². The molecule has 1 atom stereocenters. The van der Waals surface area contributed by atoms with E-state index >= 15 is 0 Å². The summed E-state index contributed by atoms with van der Waals surface area (Å²) in [5, 5.41) is 8.43. The van der Waals surface area contributed by atoms with Gasteiger partial charge in [0, 0.05) is 12.6 Å². The Kier molecular flexibility index (Phi) is 4.20. The Morgan fingerprint density at radius 2 is 1.95 bits per heavy atom. The van der Waals surface area contributed by atoms with Crippen LogP contribution in [-0.4, -0.2) is 0 Å². The molecule has 0 spiro atoms. The van der Waals surface area contributed by atoms with Crippen LogP contribution in [0, 0.1) is 0 Å². The summed E-state index contributed by atoms with van der Waals surface area (Å²) in [5.74, 6) is 0. The van der Waals surface area contributed by atoms with E-state index in [9.17, 15) is 0 Å². The average molecular weight is 346 g/mol. The maximum Gasteiger partial charge on any atom is 0.0701 e. The molecule has 3 heteroatoms. The summed E-state index contributed by atoms with van der Waals surface area (Å²) < 4.78 is 1.19. The molecule has 0 aliphatic heterocycles. The number of halogens is 1. The van der Waals surface area contributed by atoms with Gasteiger partial charge in [0.1, 0.15) is 0 Å². The van der Waals surface area contributed by atoms with Crippen LogP contribution in [0.25, 0.3) is 10.8 Å². The number of hydrogen-bond donors (Lipinski definition) is 1. The smallest absolute Gasteiger partial charge is 0.0701 e. The minimum atomic E-state index is 0.333. The molecule has 0 bridgehead atoms. The summed E-state index contributed by atoms with van der Waals surface area (Å²) in [6, 6.07) is 17.6. The molecule has 1 unspecified atom stereocenters. The molecule has 102 valence electrons. The first kappa shape index (κ1) is 13.8. The predicted octanol–water partition coefficient (Wildman–Crippen LogP) is 5.51. The van der Waals surface area contributed by atoms with Crippen LogP contribution >= 0.6 is 27.3 Å². The van der Waals surface area contributed by atoms with Crippen LogP contribution in [0.3, 0.4) is 0 Å². The van der Waals surface area contributed by atoms with Crippen LogP contribution in [0.2, 0.25) is 0 Å². The number of fused-ring (bicyclic) bond motifs is 1. The zero-order valence-electron chi connectivity index (χ0n) is 11.3. The van der Waals surface area contributed by atoms with Crippen molar-refractivity contribution < 1.29 is 0 Å². The lowest BCUT2D eigenvalue weighted by atomic mass is 9.99. The first-order chi connectivity index (χ1) is 9.74. The predicted molar refractivity (Wildman–Crippen MR) is 91.2 cm³/mol. The Hall–Kier alpha value is -1.16. The van der Waals surface area contributed by atoms with Crippen LogP contribution in [0.15, 0.2) is 57.7 Å². The Labute approximate surface area is 131 Å². The third-order valence-electron chi connectivity index (χ3n) is 3.52. The fourth-order valence-corrected chi connectivity index (χ4v) is 3.66. The third kappa shape index (κ3) is 2.95. The monoisotopic (exact) mass is 345 g/mol. The first-order valence-electron chi connectivity index (χ1n) is 6.68. The number of nitrogens with one attached hydrogen (secondary N) is 1. The van der Waals surface area contributed by atoms with Crippen molar-refractivity contribution >= 4 is 38.0 Å². The molecule has 3 aromatic rings. The molecule has 0 amide bonds. The van der Waals surface area contributed by atoms with Crippen molar-refractivity contribution in [1.82, 2.24) is 5.32 Å². The maximum absolute atomic E-state index is 3.61. The zero-order chi connectivity index (χ0) is 13.9. The van der Waals surface area contributed by atoms with Crippen molar-refractivity contribution in [3.05, 3.63) is 68.8 Å². The third-order valence-corrected chi connectivity index (χ3v) is 5.08. The summed E-state index contributed by atoms with van der Waals surface area (Å²) in [5.41, 5.74) is 2.69. The van der Waals surface area contributed by atoms with Gasteiger partial charge in [-0.25, -0.2) is 0 Å². The lowest BCUT2D eigenvalue weighted by Crippen LogP contribution is -2.17. The fraction of sp³-hybridized carbons (Fsp3) is 0.176. The summed E-state index contributed by atoms with van der Waals surface area (Å²) in [4.78, 5) is 0. The highest BCUT2D eigenvalue weighted by atomic mass is 79.9. The van der Waals surface area contributed by atoms with Crippen molar-refractivity contribution in [2.75, 3.05) is 0 Å². The van der Waals surface area contributed by atoms with Gasteiger partial charge < -0.3 is 5.32 Å². The summed E-state index contributed by atoms with van der Waals surface area (Å²) >= 11 is 5.24. The maximum atomic E-state index is 3.61. The summed E-state index contributed by atoms with van der Waals surface area (Å²) in [6.07, 6.45) is 0. The zero-order valence-corrected chi connectivity index (χ0v) is 13.7. The molecule has 0 aliphatic rings. The first-order valence-corrected chi connectivity index (χ1v) is 8.35. The highest BCUT2D eigenvalue weighted by Gasteiger charge is 2.08. The van der Waals surface area contributed by atoms with Crippen LogP contribution in [0.4, 0.5) is 0 Å². The largest absolute Gasteiger partial charge is 0.306 e. The Balaban J connectivity index is 1.80. The van der Waals surface area contributed by atoms with E-state index in [-0.39, 0.29) is 0 Å². The molecule has 3 rings (SSSR count). The normalized spacial score (nSPS) is 12.7. The second kappa shape index (κ2) is 6.08. The number of rotatable bonds is 4. The van der Waals surface area contributed by atoms with Gasteiger partial charge in [-0.2, -0.15) is 0 Å². The molecule has 2 aromatic carbocycles. The SMILES string of the molecule is CC(NCc1csc(Br)c1)c1cccc2ccccc12. The van der Waals surface area contributed by atoms with E-state index in [1.54, 1.807) is 11.3 Å². The summed E-state index contributed by atoms with van der Waals surface area (Å²) in [7, 11) is 0. The van der Waals surface area contributed by atoms with Gasteiger partial charge >= 0.3 is 0 Å². The molecular weight excluding hydrogens is 330 g/mol. The number of thiophene rings is 1. The highest BCUT2D eigenvalue weighted by Crippen LogP contribution is 2.25. The van der Waals surface area contributed by atoms with E-state index in [2.05, 4.69) is 82.1 Å². The van der Waals surface area contributed by atoms with Crippen LogP contribution in [-0.2, 0) is 6.54 Å². The van der Waals surface area contributed by atoms with E-state index < -0.39 is 0 Å². The van der Waals surface area contributed by atoms with Gasteiger partial charge in [-0.1, -0.05) is 42.5 Å². The molecule has 0 radical (unpaired) electrons. The lowest BCUT2D eigenvalue weighted by Gasteiger charge is -2.16. The van der Waals surface area contributed by atoms with Crippen molar-refractivity contribution in [3.63, 3.8) is 0 Å². The Morgan fingerprint density at radius 3 is 2.75 bits per heavy atom. The van der Waals surface area contributed by atoms with Crippen LogP contribution in [0.5, 0.6) is 0 Å². The second-order valence-corrected chi connectivity index (χ2v) is 7.22. The second-order valence-electron chi connectivity index (χ2n) is 4.93. The molecular formula is C17H16BrNS. The topological polar surface area (TPSA) is 12.0 Å². The standard InChI is InChI=1S/C17H16BrNS/c1-12(19-10-13-9-17(18)20-11-13)15-8-4-6-14-5-2-3-7-16(14)15/h2-9,11-12,19H,10H2,1H3. The lowest BCUT2D eigenvalue weighted by molar-refractivity contribution is 0.579. The van der Waals surface area contributed by atoms with Gasteiger partial charge in [0.15, 0.2) is 0 Å². The minimum Gasteiger partial charge on any atom is -0.306 e. The molecule has 1 aromatic heterocycles. The molecule has 0 aliphatic carbocycles.